The van der Waals surface area contributed by atoms with E-state index < -0.39 is 5.60 Å². The van der Waals surface area contributed by atoms with Crippen LogP contribution >= 0.6 is 0 Å². The Bertz CT molecular complexity index is 284. The molecule has 2 rings (SSSR count). The second-order valence-corrected chi connectivity index (χ2v) is 4.99. The fourth-order valence-corrected chi connectivity index (χ4v) is 2.94. The minimum absolute atomic E-state index is 0.122. The Balaban J connectivity index is 2.25. The number of epoxide rings is 1. The maximum atomic E-state index is 11.7. The number of esters is 1. The van der Waals surface area contributed by atoms with Crippen molar-refractivity contribution in [2.75, 3.05) is 7.11 Å². The zero-order chi connectivity index (χ0) is 10.6. The van der Waals surface area contributed by atoms with E-state index in [2.05, 4.69) is 13.8 Å². The third kappa shape index (κ3) is 0.800. The summed E-state index contributed by atoms with van der Waals surface area (Å²) in [6.07, 6.45) is 2.83. The van der Waals surface area contributed by atoms with Crippen LogP contribution in [0.2, 0.25) is 0 Å². The molecular formula is C11H18O3. The largest absolute Gasteiger partial charge is 0.467 e. The van der Waals surface area contributed by atoms with Gasteiger partial charge in [-0.15, -0.1) is 0 Å². The molecule has 3 nitrogen and oxygen atoms in total. The third-order valence-corrected chi connectivity index (χ3v) is 4.17. The van der Waals surface area contributed by atoms with E-state index in [1.54, 1.807) is 0 Å². The lowest BCUT2D eigenvalue weighted by molar-refractivity contribution is -0.147. The molecule has 0 aromatic heterocycles. The zero-order valence-electron chi connectivity index (χ0n) is 9.35. The Hall–Kier alpha value is -0.570. The molecule has 3 heteroatoms. The van der Waals surface area contributed by atoms with Gasteiger partial charge in [0.25, 0.3) is 0 Å². The van der Waals surface area contributed by atoms with E-state index in [9.17, 15) is 4.79 Å². The Morgan fingerprint density at radius 3 is 2.29 bits per heavy atom. The number of hydrogen-bond acceptors (Lipinski definition) is 3. The zero-order valence-corrected chi connectivity index (χ0v) is 9.35. The summed E-state index contributed by atoms with van der Waals surface area (Å²) >= 11 is 0. The van der Waals surface area contributed by atoms with E-state index >= 15 is 0 Å². The van der Waals surface area contributed by atoms with Gasteiger partial charge in [-0.25, -0.2) is 4.79 Å². The van der Waals surface area contributed by atoms with Crippen molar-refractivity contribution in [2.45, 2.75) is 51.2 Å². The van der Waals surface area contributed by atoms with Crippen molar-refractivity contribution in [1.82, 2.24) is 0 Å². The highest BCUT2D eigenvalue weighted by molar-refractivity contribution is 5.85. The van der Waals surface area contributed by atoms with Gasteiger partial charge in [-0.3, -0.25) is 0 Å². The maximum Gasteiger partial charge on any atom is 0.341 e. The molecule has 80 valence electrons. The molecule has 2 atom stereocenters. The molecule has 1 spiro atoms. The summed E-state index contributed by atoms with van der Waals surface area (Å²) in [6.45, 7) is 6.31. The lowest BCUT2D eigenvalue weighted by Crippen LogP contribution is -2.51. The van der Waals surface area contributed by atoms with Gasteiger partial charge in [0.2, 0.25) is 0 Å². The number of hydrogen-bond donors (Lipinski definition) is 0. The second kappa shape index (κ2) is 2.51. The van der Waals surface area contributed by atoms with Crippen LogP contribution in [0, 0.1) is 5.41 Å². The van der Waals surface area contributed by atoms with Crippen molar-refractivity contribution in [3.63, 3.8) is 0 Å². The van der Waals surface area contributed by atoms with Crippen LogP contribution in [0.1, 0.15) is 40.0 Å². The van der Waals surface area contributed by atoms with Crippen LogP contribution in [-0.2, 0) is 14.3 Å². The number of ether oxygens (including phenoxy) is 2. The molecule has 14 heavy (non-hydrogen) atoms. The van der Waals surface area contributed by atoms with Crippen LogP contribution < -0.4 is 0 Å². The van der Waals surface area contributed by atoms with E-state index in [0.717, 1.165) is 12.8 Å². The summed E-state index contributed by atoms with van der Waals surface area (Å²) in [7, 11) is 1.43. The van der Waals surface area contributed by atoms with Crippen molar-refractivity contribution < 1.29 is 14.3 Å². The Morgan fingerprint density at radius 2 is 2.07 bits per heavy atom. The first-order chi connectivity index (χ1) is 6.46. The standard InChI is InChI=1S/C11H18O3/c1-5-10(8(12)13-4)11(14-10)7-6-9(11,2)3/h5-7H2,1-4H3. The monoisotopic (exact) mass is 198 g/mol. The normalized spacial score (nSPS) is 43.1. The summed E-state index contributed by atoms with van der Waals surface area (Å²) in [5.41, 5.74) is -0.734. The molecule has 0 radical (unpaired) electrons. The number of carbonyl (C=O) groups excluding carboxylic acids is 1. The molecule has 0 aromatic rings. The fourth-order valence-electron chi connectivity index (χ4n) is 2.94. The van der Waals surface area contributed by atoms with Crippen molar-refractivity contribution in [1.29, 1.82) is 0 Å². The van der Waals surface area contributed by atoms with E-state index in [-0.39, 0.29) is 17.0 Å². The van der Waals surface area contributed by atoms with Crippen LogP contribution in [0.5, 0.6) is 0 Å². The molecule has 0 N–H and O–H groups in total. The average Bonchev–Trinajstić information content (AvgIpc) is 2.89. The van der Waals surface area contributed by atoms with Gasteiger partial charge in [0.05, 0.1) is 7.11 Å². The van der Waals surface area contributed by atoms with Crippen molar-refractivity contribution >= 4 is 5.97 Å². The van der Waals surface area contributed by atoms with Crippen LogP contribution in [0.25, 0.3) is 0 Å². The summed E-state index contributed by atoms with van der Waals surface area (Å²) in [5, 5.41) is 0. The molecule has 2 aliphatic rings. The molecule has 1 aliphatic heterocycles. The predicted molar refractivity (Wildman–Crippen MR) is 51.9 cm³/mol. The number of methoxy groups -OCH3 is 1. The van der Waals surface area contributed by atoms with E-state index in [4.69, 9.17) is 9.47 Å². The minimum Gasteiger partial charge on any atom is -0.467 e. The molecule has 1 heterocycles. The van der Waals surface area contributed by atoms with E-state index in [0.29, 0.717) is 6.42 Å². The third-order valence-electron chi connectivity index (χ3n) is 4.17. The highest BCUT2D eigenvalue weighted by atomic mass is 16.7. The first-order valence-corrected chi connectivity index (χ1v) is 5.24. The lowest BCUT2D eigenvalue weighted by Gasteiger charge is -2.44. The smallest absolute Gasteiger partial charge is 0.341 e. The predicted octanol–water partition coefficient (Wildman–Crippen LogP) is 1.90. The van der Waals surface area contributed by atoms with Gasteiger partial charge in [-0.2, -0.15) is 0 Å². The molecule has 1 saturated carbocycles. The Morgan fingerprint density at radius 1 is 1.43 bits per heavy atom. The van der Waals surface area contributed by atoms with Crippen molar-refractivity contribution in [2.24, 2.45) is 5.41 Å². The van der Waals surface area contributed by atoms with Crippen molar-refractivity contribution in [3.05, 3.63) is 0 Å². The Labute approximate surface area is 84.8 Å². The fraction of sp³-hybridized carbons (Fsp3) is 0.909. The lowest BCUT2D eigenvalue weighted by atomic mass is 9.57. The SMILES string of the molecule is CCC1(C(=O)OC)OC12CCC2(C)C. The van der Waals surface area contributed by atoms with Crippen molar-refractivity contribution in [3.8, 4) is 0 Å². The van der Waals surface area contributed by atoms with Gasteiger partial charge in [0.15, 0.2) is 5.60 Å². The van der Waals surface area contributed by atoms with Gasteiger partial charge in [0.1, 0.15) is 5.60 Å². The van der Waals surface area contributed by atoms with E-state index in [1.807, 2.05) is 6.92 Å². The molecular weight excluding hydrogens is 180 g/mol. The van der Waals surface area contributed by atoms with Crippen LogP contribution in [0.4, 0.5) is 0 Å². The molecule has 0 aromatic carbocycles. The summed E-state index contributed by atoms with van der Waals surface area (Å²) in [4.78, 5) is 11.7. The average molecular weight is 198 g/mol. The van der Waals surface area contributed by atoms with Gasteiger partial charge < -0.3 is 9.47 Å². The molecule has 0 amide bonds. The molecule has 2 unspecified atom stereocenters. The number of rotatable bonds is 2. The van der Waals surface area contributed by atoms with Crippen LogP contribution in [-0.4, -0.2) is 24.3 Å². The van der Waals surface area contributed by atoms with Gasteiger partial charge in [-0.1, -0.05) is 20.8 Å². The van der Waals surface area contributed by atoms with Gasteiger partial charge >= 0.3 is 5.97 Å². The molecule has 1 aliphatic carbocycles. The van der Waals surface area contributed by atoms with Gasteiger partial charge in [0, 0.05) is 0 Å². The first-order valence-electron chi connectivity index (χ1n) is 5.24. The van der Waals surface area contributed by atoms with E-state index in [1.165, 1.54) is 7.11 Å². The van der Waals surface area contributed by atoms with Gasteiger partial charge in [-0.05, 0) is 24.7 Å². The quantitative estimate of drug-likeness (QED) is 0.502. The summed E-state index contributed by atoms with van der Waals surface area (Å²) in [6, 6.07) is 0. The first kappa shape index (κ1) is 9.97. The highest BCUT2D eigenvalue weighted by Crippen LogP contribution is 2.70. The van der Waals surface area contributed by atoms with Crippen LogP contribution in [0.15, 0.2) is 0 Å². The highest BCUT2D eigenvalue weighted by Gasteiger charge is 2.83. The maximum absolute atomic E-state index is 11.7. The summed E-state index contributed by atoms with van der Waals surface area (Å²) < 4.78 is 10.6. The Kier molecular flexibility index (Phi) is 1.79. The molecule has 2 fully saturated rings. The summed E-state index contributed by atoms with van der Waals surface area (Å²) in [5.74, 6) is -0.201. The minimum atomic E-state index is -0.635. The topological polar surface area (TPSA) is 38.8 Å². The second-order valence-electron chi connectivity index (χ2n) is 4.99. The van der Waals surface area contributed by atoms with Crippen LogP contribution in [0.3, 0.4) is 0 Å². The molecule has 0 bridgehead atoms. The molecule has 1 saturated heterocycles. The number of carbonyl (C=O) groups is 1.